The van der Waals surface area contributed by atoms with Crippen LogP contribution >= 0.6 is 23.9 Å². The molecule has 0 amide bonds. The van der Waals surface area contributed by atoms with E-state index in [0.717, 1.165) is 0 Å². The van der Waals surface area contributed by atoms with Gasteiger partial charge in [0.05, 0.1) is 0 Å². The van der Waals surface area contributed by atoms with Gasteiger partial charge in [-0.2, -0.15) is 0 Å². The summed E-state index contributed by atoms with van der Waals surface area (Å²) in [6, 6.07) is 22.0. The van der Waals surface area contributed by atoms with Gasteiger partial charge in [-0.1, -0.05) is 115 Å². The minimum Gasteiger partial charge on any atom is -0.358 e. The first kappa shape index (κ1) is 28.6. The van der Waals surface area contributed by atoms with Crippen LogP contribution in [-0.2, 0) is 17.1 Å². The first-order valence-electron chi connectivity index (χ1n) is 9.97. The third kappa shape index (κ3) is 7.99. The average Bonchev–Trinajstić information content (AvgIpc) is 3.38. The zero-order chi connectivity index (χ0) is 18.2. The predicted octanol–water partition coefficient (Wildman–Crippen LogP) is 7.70. The Kier molecular flexibility index (Phi) is 15.2. The molecule has 2 aromatic carbocycles. The van der Waals surface area contributed by atoms with Crippen molar-refractivity contribution in [2.75, 3.05) is 0 Å². The minimum absolute atomic E-state index is 0. The standard InChI is InChI=1S/C19H20BrP.C5H10.2CH3.Fe/c1-2-15-13-14-18(19(15)20)21(16-9-5-3-6-10-16)17-11-7-4-8-12-17;1-2-4-5-3-1;;;/h2-12,15,18-19H,1,13-14H2;1-5H2;2*1H3;/q;;2*-1;+2. The summed E-state index contributed by atoms with van der Waals surface area (Å²) in [7, 11) is -0.318. The largest absolute Gasteiger partial charge is 2.00 e. The van der Waals surface area contributed by atoms with E-state index < -0.39 is 0 Å². The van der Waals surface area contributed by atoms with Crippen molar-refractivity contribution in [2.24, 2.45) is 5.92 Å². The van der Waals surface area contributed by atoms with Crippen molar-refractivity contribution in [2.45, 2.75) is 55.4 Å². The van der Waals surface area contributed by atoms with Gasteiger partial charge in [-0.25, -0.2) is 0 Å². The third-order valence-corrected chi connectivity index (χ3v) is 10.2. The zero-order valence-corrected chi connectivity index (χ0v) is 21.5. The summed E-state index contributed by atoms with van der Waals surface area (Å²) >= 11 is 3.97. The summed E-state index contributed by atoms with van der Waals surface area (Å²) in [5.41, 5.74) is 0.688. The molecular weight excluding hydrogens is 479 g/mol. The normalized spacial score (nSPS) is 22.3. The Morgan fingerprint density at radius 2 is 1.17 bits per heavy atom. The monoisotopic (exact) mass is 514 g/mol. The molecule has 0 saturated heterocycles. The van der Waals surface area contributed by atoms with Crippen LogP contribution < -0.4 is 10.6 Å². The quantitative estimate of drug-likeness (QED) is 0.129. The van der Waals surface area contributed by atoms with Gasteiger partial charge in [0.1, 0.15) is 0 Å². The molecule has 3 heteroatoms. The van der Waals surface area contributed by atoms with Crippen LogP contribution in [0.4, 0.5) is 0 Å². The van der Waals surface area contributed by atoms with Crippen molar-refractivity contribution in [3.63, 3.8) is 0 Å². The van der Waals surface area contributed by atoms with Gasteiger partial charge in [0.15, 0.2) is 0 Å². The Bertz CT molecular complexity index is 610. The maximum atomic E-state index is 4.01. The molecule has 2 fully saturated rings. The van der Waals surface area contributed by atoms with Crippen LogP contribution in [0.2, 0.25) is 0 Å². The van der Waals surface area contributed by atoms with Crippen LogP contribution in [0.1, 0.15) is 44.9 Å². The maximum absolute atomic E-state index is 4.01. The summed E-state index contributed by atoms with van der Waals surface area (Å²) in [5.74, 6) is 0.604. The molecule has 4 rings (SSSR count). The van der Waals surface area contributed by atoms with E-state index in [4.69, 9.17) is 0 Å². The molecule has 160 valence electrons. The van der Waals surface area contributed by atoms with Gasteiger partial charge in [-0.05, 0) is 37.3 Å². The first-order valence-corrected chi connectivity index (χ1v) is 12.3. The van der Waals surface area contributed by atoms with Crippen molar-refractivity contribution >= 4 is 34.5 Å². The number of hydrogen-bond donors (Lipinski definition) is 0. The Labute approximate surface area is 200 Å². The second-order valence-electron chi connectivity index (χ2n) is 7.30. The van der Waals surface area contributed by atoms with E-state index in [1.807, 2.05) is 0 Å². The van der Waals surface area contributed by atoms with Crippen molar-refractivity contribution in [3.05, 3.63) is 88.2 Å². The molecule has 2 saturated carbocycles. The second-order valence-corrected chi connectivity index (χ2v) is 10.8. The van der Waals surface area contributed by atoms with E-state index in [1.165, 1.54) is 55.6 Å². The van der Waals surface area contributed by atoms with Gasteiger partial charge in [-0.3, -0.25) is 0 Å². The molecule has 0 spiro atoms. The zero-order valence-electron chi connectivity index (χ0n) is 17.9. The molecule has 0 nitrogen and oxygen atoms in total. The van der Waals surface area contributed by atoms with Gasteiger partial charge >= 0.3 is 17.1 Å². The summed E-state index contributed by atoms with van der Waals surface area (Å²) in [4.78, 5) is 0.543. The van der Waals surface area contributed by atoms with E-state index >= 15 is 0 Å². The van der Waals surface area contributed by atoms with Crippen molar-refractivity contribution in [1.82, 2.24) is 0 Å². The topological polar surface area (TPSA) is 0 Å². The number of benzene rings is 2. The Morgan fingerprint density at radius 3 is 1.52 bits per heavy atom. The van der Waals surface area contributed by atoms with Crippen molar-refractivity contribution < 1.29 is 17.1 Å². The van der Waals surface area contributed by atoms with E-state index in [9.17, 15) is 0 Å². The fourth-order valence-corrected chi connectivity index (χ4v) is 8.50. The number of allylic oxidation sites excluding steroid dienone is 1. The molecule has 0 bridgehead atoms. The molecule has 3 atom stereocenters. The van der Waals surface area contributed by atoms with Gasteiger partial charge in [0.25, 0.3) is 0 Å². The number of hydrogen-bond acceptors (Lipinski definition) is 0. The van der Waals surface area contributed by atoms with E-state index in [-0.39, 0.29) is 39.8 Å². The Hall–Kier alpha value is -0.391. The van der Waals surface area contributed by atoms with Crippen LogP contribution in [0.3, 0.4) is 0 Å². The fraction of sp³-hybridized carbons (Fsp3) is 0.385. The third-order valence-electron chi connectivity index (χ3n) is 5.53. The van der Waals surface area contributed by atoms with Crippen LogP contribution in [0.15, 0.2) is 73.3 Å². The first-order chi connectivity index (χ1) is 12.8. The molecule has 2 aromatic rings. The summed E-state index contributed by atoms with van der Waals surface area (Å²) in [6.07, 6.45) is 12.2. The maximum Gasteiger partial charge on any atom is 2.00 e. The van der Waals surface area contributed by atoms with Crippen molar-refractivity contribution in [1.29, 1.82) is 0 Å². The van der Waals surface area contributed by atoms with Crippen molar-refractivity contribution in [3.8, 4) is 0 Å². The fourth-order valence-electron chi connectivity index (χ4n) is 4.08. The van der Waals surface area contributed by atoms with E-state index in [0.29, 0.717) is 16.4 Å². The van der Waals surface area contributed by atoms with Gasteiger partial charge < -0.3 is 14.9 Å². The van der Waals surface area contributed by atoms with Gasteiger partial charge in [0.2, 0.25) is 0 Å². The van der Waals surface area contributed by atoms with E-state index in [1.54, 1.807) is 0 Å². The Balaban J connectivity index is 0.000000863. The minimum atomic E-state index is -0.318. The SMILES string of the molecule is C1CCCC1.C=CC1CCC(P(c2ccccc2)c2ccccc2)C1Br.[CH3-].[CH3-].[Fe+2]. The molecule has 2 aliphatic carbocycles. The summed E-state index contributed by atoms with van der Waals surface area (Å²) in [6.45, 7) is 4.01. The molecule has 2 aliphatic rings. The Morgan fingerprint density at radius 1 is 0.759 bits per heavy atom. The molecule has 0 heterocycles. The molecular formula is C26H36BrFeP. The van der Waals surface area contributed by atoms with Crippen LogP contribution in [0.5, 0.6) is 0 Å². The number of halogens is 1. The number of alkyl halides is 1. The predicted molar refractivity (Wildman–Crippen MR) is 134 cm³/mol. The molecule has 0 aromatic heterocycles. The van der Waals surface area contributed by atoms with Crippen LogP contribution in [0, 0.1) is 20.8 Å². The molecule has 0 radical (unpaired) electrons. The summed E-state index contributed by atoms with van der Waals surface area (Å²) < 4.78 is 0. The average molecular weight is 515 g/mol. The number of rotatable bonds is 4. The van der Waals surface area contributed by atoms with Gasteiger partial charge in [-0.15, -0.1) is 6.58 Å². The second kappa shape index (κ2) is 15.4. The smallest absolute Gasteiger partial charge is 0.358 e. The molecule has 3 unspecified atom stereocenters. The molecule has 0 N–H and O–H groups in total. The van der Waals surface area contributed by atoms with E-state index in [2.05, 4.69) is 89.2 Å². The van der Waals surface area contributed by atoms with Crippen LogP contribution in [-0.4, -0.2) is 10.5 Å². The van der Waals surface area contributed by atoms with Crippen LogP contribution in [0.25, 0.3) is 0 Å². The molecule has 0 aliphatic heterocycles. The summed E-state index contributed by atoms with van der Waals surface area (Å²) in [5, 5.41) is 2.97. The van der Waals surface area contributed by atoms with Gasteiger partial charge in [0, 0.05) is 10.5 Å². The molecule has 29 heavy (non-hydrogen) atoms.